The summed E-state index contributed by atoms with van der Waals surface area (Å²) in [5, 5.41) is 0.999. The minimum atomic E-state index is -3.81. The number of nitrogens with zero attached hydrogens (tertiary/aromatic N) is 2. The summed E-state index contributed by atoms with van der Waals surface area (Å²) in [7, 11) is 0.326. The van der Waals surface area contributed by atoms with E-state index in [4.69, 9.17) is 0 Å². The van der Waals surface area contributed by atoms with Gasteiger partial charge in [0.05, 0.1) is 10.4 Å². The summed E-state index contributed by atoms with van der Waals surface area (Å²) < 4.78 is 41.8. The van der Waals surface area contributed by atoms with Crippen molar-refractivity contribution in [2.75, 3.05) is 20.4 Å². The highest BCUT2D eigenvalue weighted by Crippen LogP contribution is 2.37. The van der Waals surface area contributed by atoms with E-state index < -0.39 is 15.8 Å². The van der Waals surface area contributed by atoms with E-state index in [1.165, 1.54) is 28.2 Å². The van der Waals surface area contributed by atoms with Crippen molar-refractivity contribution < 1.29 is 12.8 Å². The van der Waals surface area contributed by atoms with Gasteiger partial charge in [0.1, 0.15) is 5.82 Å². The summed E-state index contributed by atoms with van der Waals surface area (Å²) in [6.45, 7) is 0. The summed E-state index contributed by atoms with van der Waals surface area (Å²) in [6.07, 6.45) is 4.44. The third-order valence-electron chi connectivity index (χ3n) is 5.58. The molecule has 148 valence electrons. The van der Waals surface area contributed by atoms with Crippen LogP contribution in [0.15, 0.2) is 52.3 Å². The maximum atomic E-state index is 13.5. The van der Waals surface area contributed by atoms with Gasteiger partial charge in [-0.2, -0.15) is 0 Å². The molecule has 7 heteroatoms. The van der Waals surface area contributed by atoms with Crippen LogP contribution < -0.4 is 0 Å². The summed E-state index contributed by atoms with van der Waals surface area (Å²) in [4.78, 5) is 3.43. The normalized spacial score (nSPS) is 17.2. The largest absolute Gasteiger partial charge is 0.306 e. The predicted octanol–water partition coefficient (Wildman–Crippen LogP) is 4.16. The van der Waals surface area contributed by atoms with Crippen LogP contribution in [-0.4, -0.2) is 43.7 Å². The number of thioether (sulfide) groups is 1. The van der Waals surface area contributed by atoms with Gasteiger partial charge in [-0.15, -0.1) is 11.8 Å². The third-order valence-corrected chi connectivity index (χ3v) is 8.07. The average Bonchev–Trinajstić information content (AvgIpc) is 3.01. The molecule has 0 bridgehead atoms. The Morgan fingerprint density at radius 2 is 1.86 bits per heavy atom. The van der Waals surface area contributed by atoms with Gasteiger partial charge >= 0.3 is 0 Å². The van der Waals surface area contributed by atoms with Crippen LogP contribution in [0, 0.1) is 5.82 Å². The van der Waals surface area contributed by atoms with E-state index >= 15 is 0 Å². The zero-order chi connectivity index (χ0) is 20.1. The number of benzene rings is 2. The molecule has 1 aromatic heterocycles. The van der Waals surface area contributed by atoms with Gasteiger partial charge in [0.2, 0.25) is 0 Å². The Balaban J connectivity index is 1.98. The van der Waals surface area contributed by atoms with Gasteiger partial charge in [-0.3, -0.25) is 0 Å². The standard InChI is InChI=1S/C21H23FN2O2S2/c1-23(2)15-6-10-20-18(12-15)19-13-16(27-3)7-11-21(19)24(20)28(25,26)17-8-4-14(22)5-9-17/h4-5,7-9,11,13,15H,6,10,12H2,1-3H3. The Bertz CT molecular complexity index is 1140. The lowest BCUT2D eigenvalue weighted by atomic mass is 9.91. The molecule has 1 unspecified atom stereocenters. The number of rotatable bonds is 4. The Hall–Kier alpha value is -1.83. The van der Waals surface area contributed by atoms with Crippen LogP contribution in [0.25, 0.3) is 10.9 Å². The fourth-order valence-electron chi connectivity index (χ4n) is 4.03. The first-order chi connectivity index (χ1) is 13.3. The Labute approximate surface area is 169 Å². The van der Waals surface area contributed by atoms with Crippen LogP contribution >= 0.6 is 11.8 Å². The molecule has 0 N–H and O–H groups in total. The highest BCUT2D eigenvalue weighted by molar-refractivity contribution is 7.98. The molecule has 0 fully saturated rings. The Kier molecular flexibility index (Phi) is 5.02. The van der Waals surface area contributed by atoms with Crippen molar-refractivity contribution in [3.05, 3.63) is 59.5 Å². The first kappa shape index (κ1) is 19.5. The lowest BCUT2D eigenvalue weighted by Crippen LogP contribution is -2.34. The summed E-state index contributed by atoms with van der Waals surface area (Å²) in [6, 6.07) is 11.4. The summed E-state index contributed by atoms with van der Waals surface area (Å²) in [5.74, 6) is -0.447. The zero-order valence-corrected chi connectivity index (χ0v) is 17.8. The van der Waals surface area contributed by atoms with Crippen molar-refractivity contribution >= 4 is 32.7 Å². The fourth-order valence-corrected chi connectivity index (χ4v) is 6.07. The summed E-state index contributed by atoms with van der Waals surface area (Å²) in [5.41, 5.74) is 2.67. The molecule has 2 aromatic carbocycles. The molecular formula is C21H23FN2O2S2. The smallest absolute Gasteiger partial charge is 0.268 e. The van der Waals surface area contributed by atoms with Gasteiger partial charge in [-0.05, 0) is 87.6 Å². The Morgan fingerprint density at radius 1 is 1.14 bits per heavy atom. The second-order valence-corrected chi connectivity index (χ2v) is 10.1. The van der Waals surface area contributed by atoms with E-state index in [9.17, 15) is 12.8 Å². The minimum Gasteiger partial charge on any atom is -0.306 e. The van der Waals surface area contributed by atoms with Crippen LogP contribution in [0.3, 0.4) is 0 Å². The van der Waals surface area contributed by atoms with Gasteiger partial charge in [0.15, 0.2) is 0 Å². The third kappa shape index (κ3) is 3.15. The number of likely N-dealkylation sites (N-methyl/N-ethyl adjacent to an activating group) is 1. The van der Waals surface area contributed by atoms with E-state index in [0.29, 0.717) is 18.0 Å². The SMILES string of the molecule is CSc1ccc2c(c1)c1c(n2S(=O)(=O)c2ccc(F)cc2)CCC(N(C)C)C1. The number of fused-ring (bicyclic) bond motifs is 3. The van der Waals surface area contributed by atoms with E-state index in [0.717, 1.165) is 34.4 Å². The first-order valence-electron chi connectivity index (χ1n) is 9.20. The lowest BCUT2D eigenvalue weighted by molar-refractivity contribution is 0.267. The van der Waals surface area contributed by atoms with Crippen LogP contribution in [0.4, 0.5) is 4.39 Å². The molecule has 0 radical (unpaired) electrons. The summed E-state index contributed by atoms with van der Waals surface area (Å²) >= 11 is 1.65. The first-order valence-corrected chi connectivity index (χ1v) is 11.9. The maximum absolute atomic E-state index is 13.5. The molecule has 1 atom stereocenters. The van der Waals surface area contributed by atoms with Crippen molar-refractivity contribution in [1.82, 2.24) is 8.87 Å². The zero-order valence-electron chi connectivity index (χ0n) is 16.1. The van der Waals surface area contributed by atoms with E-state index in [1.54, 1.807) is 11.8 Å². The van der Waals surface area contributed by atoms with Gasteiger partial charge in [0.25, 0.3) is 10.0 Å². The number of aromatic nitrogens is 1. The molecule has 0 aliphatic heterocycles. The van der Waals surface area contributed by atoms with Gasteiger partial charge in [-0.25, -0.2) is 16.8 Å². The van der Waals surface area contributed by atoms with Crippen molar-refractivity contribution in [1.29, 1.82) is 0 Å². The number of hydrogen-bond acceptors (Lipinski definition) is 4. The minimum absolute atomic E-state index is 0.109. The molecule has 1 aliphatic rings. The van der Waals surface area contributed by atoms with Crippen molar-refractivity contribution in [3.8, 4) is 0 Å². The molecule has 0 amide bonds. The monoisotopic (exact) mass is 418 g/mol. The van der Waals surface area contributed by atoms with Crippen LogP contribution in [-0.2, 0) is 22.9 Å². The van der Waals surface area contributed by atoms with Gasteiger partial charge in [0, 0.05) is 22.0 Å². The molecular weight excluding hydrogens is 395 g/mol. The molecule has 0 saturated carbocycles. The Morgan fingerprint density at radius 3 is 2.50 bits per heavy atom. The second kappa shape index (κ2) is 7.21. The van der Waals surface area contributed by atoms with E-state index in [1.807, 2.05) is 18.4 Å². The highest BCUT2D eigenvalue weighted by atomic mass is 32.2. The van der Waals surface area contributed by atoms with E-state index in [2.05, 4.69) is 25.1 Å². The van der Waals surface area contributed by atoms with Crippen molar-refractivity contribution in [2.24, 2.45) is 0 Å². The van der Waals surface area contributed by atoms with E-state index in [-0.39, 0.29) is 4.90 Å². The molecule has 0 spiro atoms. The average molecular weight is 419 g/mol. The number of halogens is 1. The maximum Gasteiger partial charge on any atom is 0.268 e. The van der Waals surface area contributed by atoms with Crippen LogP contribution in [0.1, 0.15) is 17.7 Å². The van der Waals surface area contributed by atoms with Crippen molar-refractivity contribution in [3.63, 3.8) is 0 Å². The molecule has 4 nitrogen and oxygen atoms in total. The predicted molar refractivity (Wildman–Crippen MR) is 112 cm³/mol. The topological polar surface area (TPSA) is 42.3 Å². The quantitative estimate of drug-likeness (QED) is 0.597. The van der Waals surface area contributed by atoms with Crippen LogP contribution in [0.5, 0.6) is 0 Å². The fraction of sp³-hybridized carbons (Fsp3) is 0.333. The van der Waals surface area contributed by atoms with Crippen molar-refractivity contribution in [2.45, 2.75) is 35.1 Å². The molecule has 1 aliphatic carbocycles. The van der Waals surface area contributed by atoms with Gasteiger partial charge in [-0.1, -0.05) is 0 Å². The lowest BCUT2D eigenvalue weighted by Gasteiger charge is -2.29. The molecule has 4 rings (SSSR count). The molecule has 0 saturated heterocycles. The molecule has 1 heterocycles. The molecule has 3 aromatic rings. The van der Waals surface area contributed by atoms with Gasteiger partial charge < -0.3 is 4.90 Å². The second-order valence-electron chi connectivity index (χ2n) is 7.39. The van der Waals surface area contributed by atoms with Crippen LogP contribution in [0.2, 0.25) is 0 Å². The molecule has 28 heavy (non-hydrogen) atoms. The highest BCUT2D eigenvalue weighted by Gasteiger charge is 2.31. The number of hydrogen-bond donors (Lipinski definition) is 0.